The molecule has 0 saturated heterocycles. The molecule has 0 amide bonds. The van der Waals surface area contributed by atoms with Crippen molar-refractivity contribution in [1.29, 1.82) is 0 Å². The minimum atomic E-state index is -4.80. The summed E-state index contributed by atoms with van der Waals surface area (Å²) < 4.78 is 41.7. The lowest BCUT2D eigenvalue weighted by atomic mass is 10.1. The zero-order valence-corrected chi connectivity index (χ0v) is 16.2. The van der Waals surface area contributed by atoms with Crippen molar-refractivity contribution in [3.63, 3.8) is 0 Å². The number of hydrogen-bond donors (Lipinski definition) is 0. The van der Waals surface area contributed by atoms with Crippen LogP contribution in [-0.4, -0.2) is 9.55 Å². The van der Waals surface area contributed by atoms with Crippen LogP contribution in [-0.2, 0) is 19.0 Å². The van der Waals surface area contributed by atoms with Gasteiger partial charge in [-0.15, -0.1) is 11.3 Å². The van der Waals surface area contributed by atoms with E-state index in [-0.39, 0.29) is 25.9 Å². The number of halogens is 5. The molecule has 0 bridgehead atoms. The topological polar surface area (TPSA) is 34.9 Å². The zero-order chi connectivity index (χ0) is 19.3. The fourth-order valence-electron chi connectivity index (χ4n) is 3.48. The van der Waals surface area contributed by atoms with Crippen LogP contribution in [0.1, 0.15) is 35.5 Å². The first kappa shape index (κ1) is 18.8. The maximum absolute atomic E-state index is 13.7. The minimum Gasteiger partial charge on any atom is -0.268 e. The maximum atomic E-state index is 13.7. The molecule has 1 aromatic carbocycles. The van der Waals surface area contributed by atoms with E-state index in [1.54, 1.807) is 0 Å². The SMILES string of the molecule is O=c1c2c3c(sc2nc(C(F)(F)F)n1-c1cc(Cl)cc(Cl)c1)CCCCC3. The summed E-state index contributed by atoms with van der Waals surface area (Å²) in [6.45, 7) is 0. The van der Waals surface area contributed by atoms with E-state index in [1.807, 2.05) is 0 Å². The number of aryl methyl sites for hydroxylation is 2. The number of nitrogens with zero attached hydrogens (tertiary/aromatic N) is 2. The lowest BCUT2D eigenvalue weighted by Gasteiger charge is -2.15. The second kappa shape index (κ2) is 6.79. The van der Waals surface area contributed by atoms with Gasteiger partial charge < -0.3 is 0 Å². The Labute approximate surface area is 166 Å². The van der Waals surface area contributed by atoms with Gasteiger partial charge in [0.2, 0.25) is 5.82 Å². The summed E-state index contributed by atoms with van der Waals surface area (Å²) in [4.78, 5) is 18.2. The lowest BCUT2D eigenvalue weighted by molar-refractivity contribution is -0.146. The molecule has 0 spiro atoms. The number of benzene rings is 1. The summed E-state index contributed by atoms with van der Waals surface area (Å²) in [6.07, 6.45) is -0.459. The molecule has 142 valence electrons. The molecule has 27 heavy (non-hydrogen) atoms. The van der Waals surface area contributed by atoms with Crippen LogP contribution in [0.5, 0.6) is 0 Å². The number of hydrogen-bond acceptors (Lipinski definition) is 3. The van der Waals surface area contributed by atoms with E-state index in [1.165, 1.54) is 29.5 Å². The van der Waals surface area contributed by atoms with Gasteiger partial charge in [0, 0.05) is 14.9 Å². The Morgan fingerprint density at radius 2 is 1.70 bits per heavy atom. The van der Waals surface area contributed by atoms with E-state index in [9.17, 15) is 18.0 Å². The molecule has 3 aromatic rings. The maximum Gasteiger partial charge on any atom is 0.450 e. The van der Waals surface area contributed by atoms with Gasteiger partial charge in [-0.1, -0.05) is 29.6 Å². The quantitative estimate of drug-likeness (QED) is 0.439. The first-order chi connectivity index (χ1) is 12.8. The van der Waals surface area contributed by atoms with Crippen molar-refractivity contribution in [3.8, 4) is 5.69 Å². The van der Waals surface area contributed by atoms with Crippen molar-refractivity contribution >= 4 is 44.8 Å². The van der Waals surface area contributed by atoms with Gasteiger partial charge in [0.15, 0.2) is 0 Å². The van der Waals surface area contributed by atoms with Gasteiger partial charge in [0.25, 0.3) is 5.56 Å². The van der Waals surface area contributed by atoms with Crippen LogP contribution < -0.4 is 5.56 Å². The Morgan fingerprint density at radius 3 is 2.37 bits per heavy atom. The number of thiophene rings is 1. The van der Waals surface area contributed by atoms with Crippen LogP contribution in [0.25, 0.3) is 15.9 Å². The molecular weight excluding hydrogens is 420 g/mol. The van der Waals surface area contributed by atoms with Gasteiger partial charge in [-0.3, -0.25) is 9.36 Å². The smallest absolute Gasteiger partial charge is 0.268 e. The molecule has 0 saturated carbocycles. The van der Waals surface area contributed by atoms with Gasteiger partial charge in [-0.2, -0.15) is 13.2 Å². The first-order valence-electron chi connectivity index (χ1n) is 8.36. The van der Waals surface area contributed by atoms with Crippen molar-refractivity contribution in [2.75, 3.05) is 0 Å². The summed E-state index contributed by atoms with van der Waals surface area (Å²) in [5.74, 6) is -1.27. The highest BCUT2D eigenvalue weighted by molar-refractivity contribution is 7.18. The van der Waals surface area contributed by atoms with Crippen LogP contribution in [0.4, 0.5) is 13.2 Å². The molecule has 1 aliphatic rings. The summed E-state index contributed by atoms with van der Waals surface area (Å²) in [6, 6.07) is 3.96. The highest BCUT2D eigenvalue weighted by atomic mass is 35.5. The van der Waals surface area contributed by atoms with E-state index in [4.69, 9.17) is 23.2 Å². The molecule has 2 heterocycles. The molecule has 0 fully saturated rings. The van der Waals surface area contributed by atoms with E-state index in [2.05, 4.69) is 4.98 Å². The normalized spacial score (nSPS) is 15.0. The molecule has 0 atom stereocenters. The highest BCUT2D eigenvalue weighted by Crippen LogP contribution is 2.36. The molecular formula is C18H13Cl2F3N2OS. The molecule has 1 aliphatic carbocycles. The largest absolute Gasteiger partial charge is 0.450 e. The van der Waals surface area contributed by atoms with Gasteiger partial charge in [0.05, 0.1) is 11.1 Å². The van der Waals surface area contributed by atoms with Crippen LogP contribution in [0, 0.1) is 0 Å². The predicted molar refractivity (Wildman–Crippen MR) is 101 cm³/mol. The molecule has 9 heteroatoms. The number of fused-ring (bicyclic) bond motifs is 3. The summed E-state index contributed by atoms with van der Waals surface area (Å²) in [5.41, 5.74) is 0.0541. The van der Waals surface area contributed by atoms with E-state index < -0.39 is 17.6 Å². The monoisotopic (exact) mass is 432 g/mol. The van der Waals surface area contributed by atoms with Crippen molar-refractivity contribution in [3.05, 3.63) is 54.9 Å². The van der Waals surface area contributed by atoms with Gasteiger partial charge >= 0.3 is 6.18 Å². The second-order valence-electron chi connectivity index (χ2n) is 6.45. The Hall–Kier alpha value is -1.57. The standard InChI is InChI=1S/C18H13Cl2F3N2OS/c19-9-6-10(20)8-11(7-9)25-16(26)14-12-4-2-1-3-5-13(12)27-15(14)24-17(25)18(21,22)23/h6-8H,1-5H2. The Bertz CT molecular complexity index is 1080. The molecule has 0 unspecified atom stereocenters. The fourth-order valence-corrected chi connectivity index (χ4v) is 5.25. The highest BCUT2D eigenvalue weighted by Gasteiger charge is 2.38. The molecule has 0 radical (unpaired) electrons. The number of rotatable bonds is 1. The Morgan fingerprint density at radius 1 is 1.04 bits per heavy atom. The van der Waals surface area contributed by atoms with Crippen LogP contribution in [0.3, 0.4) is 0 Å². The third-order valence-corrected chi connectivity index (χ3v) is 6.22. The third kappa shape index (κ3) is 3.37. The van der Waals surface area contributed by atoms with Crippen molar-refractivity contribution in [2.24, 2.45) is 0 Å². The second-order valence-corrected chi connectivity index (χ2v) is 8.40. The third-order valence-electron chi connectivity index (χ3n) is 4.60. The predicted octanol–water partition coefficient (Wildman–Crippen LogP) is 6.04. The van der Waals surface area contributed by atoms with E-state index >= 15 is 0 Å². The zero-order valence-electron chi connectivity index (χ0n) is 13.9. The lowest BCUT2D eigenvalue weighted by Crippen LogP contribution is -2.28. The average Bonchev–Trinajstić information content (AvgIpc) is 2.75. The van der Waals surface area contributed by atoms with Crippen LogP contribution in [0.2, 0.25) is 10.0 Å². The minimum absolute atomic E-state index is 0.0483. The Balaban J connectivity index is 2.10. The van der Waals surface area contributed by atoms with Gasteiger partial charge in [-0.05, 0) is 49.4 Å². The van der Waals surface area contributed by atoms with Crippen molar-refractivity contribution in [2.45, 2.75) is 38.3 Å². The molecule has 2 aromatic heterocycles. The van der Waals surface area contributed by atoms with Gasteiger partial charge in [-0.25, -0.2) is 4.98 Å². The fraction of sp³-hybridized carbons (Fsp3) is 0.333. The average molecular weight is 433 g/mol. The van der Waals surface area contributed by atoms with Crippen molar-refractivity contribution in [1.82, 2.24) is 9.55 Å². The van der Waals surface area contributed by atoms with E-state index in [0.717, 1.165) is 36.1 Å². The van der Waals surface area contributed by atoms with Crippen molar-refractivity contribution < 1.29 is 13.2 Å². The molecule has 4 rings (SSSR count). The number of alkyl halides is 3. The summed E-state index contributed by atoms with van der Waals surface area (Å²) >= 11 is 13.1. The molecule has 3 nitrogen and oxygen atoms in total. The van der Waals surface area contributed by atoms with Crippen LogP contribution >= 0.6 is 34.5 Å². The summed E-state index contributed by atoms with van der Waals surface area (Å²) in [5, 5.41) is 0.560. The Kier molecular flexibility index (Phi) is 4.72. The number of aromatic nitrogens is 2. The summed E-state index contributed by atoms with van der Waals surface area (Å²) in [7, 11) is 0. The first-order valence-corrected chi connectivity index (χ1v) is 9.94. The van der Waals surface area contributed by atoms with E-state index in [0.29, 0.717) is 11.0 Å². The van der Waals surface area contributed by atoms with Gasteiger partial charge in [0.1, 0.15) is 4.83 Å². The molecule has 0 N–H and O–H groups in total. The molecule has 0 aliphatic heterocycles. The van der Waals surface area contributed by atoms with Crippen LogP contribution in [0.15, 0.2) is 23.0 Å².